The maximum absolute atomic E-state index is 10.8. The van der Waals surface area contributed by atoms with Gasteiger partial charge in [0.1, 0.15) is 6.10 Å². The molecule has 1 saturated carbocycles. The lowest BCUT2D eigenvalue weighted by molar-refractivity contribution is -0.542. The van der Waals surface area contributed by atoms with Crippen molar-refractivity contribution >= 4 is 0 Å². The molecule has 0 aromatic heterocycles. The average molecular weight is 215 g/mol. The summed E-state index contributed by atoms with van der Waals surface area (Å²) in [6, 6.07) is -0.780. The SMILES string of the molecule is CC1CC(C(C)(C)C)CC([N+](=O)[O-])C1O. The fraction of sp³-hybridized carbons (Fsp3) is 1.00. The van der Waals surface area contributed by atoms with Crippen molar-refractivity contribution in [1.82, 2.24) is 0 Å². The Hall–Kier alpha value is -0.640. The molecule has 0 spiro atoms. The lowest BCUT2D eigenvalue weighted by Crippen LogP contribution is -2.46. The molecule has 1 aliphatic carbocycles. The first-order valence-electron chi connectivity index (χ1n) is 5.55. The smallest absolute Gasteiger partial charge is 0.239 e. The Balaban J connectivity index is 2.80. The van der Waals surface area contributed by atoms with Crippen LogP contribution in [0, 0.1) is 27.4 Å². The first kappa shape index (κ1) is 12.4. The molecule has 4 nitrogen and oxygen atoms in total. The number of hydrogen-bond acceptors (Lipinski definition) is 3. The van der Waals surface area contributed by atoms with Crippen LogP contribution in [0.25, 0.3) is 0 Å². The minimum Gasteiger partial charge on any atom is -0.386 e. The van der Waals surface area contributed by atoms with Gasteiger partial charge in [-0.2, -0.15) is 0 Å². The molecule has 0 radical (unpaired) electrons. The van der Waals surface area contributed by atoms with E-state index in [0.717, 1.165) is 6.42 Å². The standard InChI is InChI=1S/C11H21NO3/c1-7-5-8(11(2,3)4)6-9(10(7)13)12(14)15/h7-10,13H,5-6H2,1-4H3. The van der Waals surface area contributed by atoms with Gasteiger partial charge in [-0.3, -0.25) is 10.1 Å². The van der Waals surface area contributed by atoms with E-state index in [1.807, 2.05) is 6.92 Å². The van der Waals surface area contributed by atoms with Crippen molar-refractivity contribution in [3.8, 4) is 0 Å². The van der Waals surface area contributed by atoms with Gasteiger partial charge in [0.25, 0.3) is 0 Å². The fourth-order valence-electron chi connectivity index (χ4n) is 2.41. The first-order chi connectivity index (χ1) is 6.73. The lowest BCUT2D eigenvalue weighted by Gasteiger charge is -2.39. The highest BCUT2D eigenvalue weighted by molar-refractivity contribution is 4.89. The molecule has 0 heterocycles. The van der Waals surface area contributed by atoms with Crippen molar-refractivity contribution in [1.29, 1.82) is 0 Å². The molecular formula is C11H21NO3. The van der Waals surface area contributed by atoms with Crippen LogP contribution in [-0.2, 0) is 0 Å². The third kappa shape index (κ3) is 2.68. The number of aliphatic hydroxyl groups is 1. The Labute approximate surface area is 90.8 Å². The molecule has 0 aromatic rings. The number of aliphatic hydroxyl groups excluding tert-OH is 1. The van der Waals surface area contributed by atoms with Gasteiger partial charge < -0.3 is 5.11 Å². The average Bonchev–Trinajstić information content (AvgIpc) is 2.06. The first-order valence-corrected chi connectivity index (χ1v) is 5.55. The Kier molecular flexibility index (Phi) is 3.38. The topological polar surface area (TPSA) is 63.4 Å². The second kappa shape index (κ2) is 4.08. The van der Waals surface area contributed by atoms with Crippen LogP contribution in [-0.4, -0.2) is 22.2 Å². The van der Waals surface area contributed by atoms with Gasteiger partial charge in [-0.05, 0) is 23.7 Å². The van der Waals surface area contributed by atoms with Gasteiger partial charge in [-0.15, -0.1) is 0 Å². The monoisotopic (exact) mass is 215 g/mol. The summed E-state index contributed by atoms with van der Waals surface area (Å²) in [7, 11) is 0. The second-order valence-corrected chi connectivity index (χ2v) is 5.85. The summed E-state index contributed by atoms with van der Waals surface area (Å²) in [5, 5.41) is 20.6. The van der Waals surface area contributed by atoms with Crippen LogP contribution in [0.4, 0.5) is 0 Å². The molecule has 0 bridgehead atoms. The molecule has 15 heavy (non-hydrogen) atoms. The molecule has 4 heteroatoms. The highest BCUT2D eigenvalue weighted by atomic mass is 16.6. The Morgan fingerprint density at radius 2 is 1.87 bits per heavy atom. The predicted octanol–water partition coefficient (Wildman–Crippen LogP) is 2.08. The van der Waals surface area contributed by atoms with E-state index in [4.69, 9.17) is 0 Å². The molecule has 0 aromatic carbocycles. The summed E-state index contributed by atoms with van der Waals surface area (Å²) in [5.41, 5.74) is 0.0860. The van der Waals surface area contributed by atoms with Crippen LogP contribution < -0.4 is 0 Å². The van der Waals surface area contributed by atoms with Crippen molar-refractivity contribution in [3.05, 3.63) is 10.1 Å². The Bertz CT molecular complexity index is 247. The zero-order valence-electron chi connectivity index (χ0n) is 9.93. The fourth-order valence-corrected chi connectivity index (χ4v) is 2.41. The van der Waals surface area contributed by atoms with Crippen LogP contribution in [0.2, 0.25) is 0 Å². The van der Waals surface area contributed by atoms with Gasteiger partial charge in [-0.25, -0.2) is 0 Å². The van der Waals surface area contributed by atoms with Crippen LogP contribution in [0.15, 0.2) is 0 Å². The minimum atomic E-state index is -0.780. The Morgan fingerprint density at radius 3 is 2.27 bits per heavy atom. The normalized spacial score (nSPS) is 37.7. The summed E-state index contributed by atoms with van der Waals surface area (Å²) in [6.07, 6.45) is 0.607. The highest BCUT2D eigenvalue weighted by Gasteiger charge is 2.44. The van der Waals surface area contributed by atoms with Crippen molar-refractivity contribution in [3.63, 3.8) is 0 Å². The van der Waals surface area contributed by atoms with E-state index in [1.165, 1.54) is 0 Å². The summed E-state index contributed by atoms with van der Waals surface area (Å²) >= 11 is 0. The van der Waals surface area contributed by atoms with Crippen molar-refractivity contribution < 1.29 is 10.0 Å². The molecule has 0 saturated heterocycles. The molecule has 1 rings (SSSR count). The summed E-state index contributed by atoms with van der Waals surface area (Å²) < 4.78 is 0. The van der Waals surface area contributed by atoms with Crippen molar-refractivity contribution in [2.75, 3.05) is 0 Å². The largest absolute Gasteiger partial charge is 0.386 e. The van der Waals surface area contributed by atoms with E-state index in [0.29, 0.717) is 12.3 Å². The van der Waals surface area contributed by atoms with Crippen LogP contribution in [0.3, 0.4) is 0 Å². The zero-order valence-corrected chi connectivity index (χ0v) is 9.93. The third-order valence-corrected chi connectivity index (χ3v) is 3.66. The van der Waals surface area contributed by atoms with Crippen molar-refractivity contribution in [2.24, 2.45) is 17.3 Å². The van der Waals surface area contributed by atoms with Gasteiger partial charge in [0, 0.05) is 11.3 Å². The maximum atomic E-state index is 10.8. The lowest BCUT2D eigenvalue weighted by atomic mass is 9.67. The van der Waals surface area contributed by atoms with Crippen LogP contribution in [0.1, 0.15) is 40.5 Å². The molecule has 0 amide bonds. The van der Waals surface area contributed by atoms with E-state index in [2.05, 4.69) is 20.8 Å². The molecule has 0 aliphatic heterocycles. The highest BCUT2D eigenvalue weighted by Crippen LogP contribution is 2.40. The van der Waals surface area contributed by atoms with Gasteiger partial charge in [0.2, 0.25) is 6.04 Å². The molecule has 4 unspecified atom stereocenters. The number of nitro groups is 1. The van der Waals surface area contributed by atoms with E-state index in [-0.39, 0.29) is 16.3 Å². The van der Waals surface area contributed by atoms with Crippen LogP contribution >= 0.6 is 0 Å². The molecule has 1 aliphatic rings. The molecule has 1 N–H and O–H groups in total. The number of rotatable bonds is 1. The molecule has 88 valence electrons. The number of nitrogens with zero attached hydrogens (tertiary/aromatic N) is 1. The quantitative estimate of drug-likeness (QED) is 0.538. The Morgan fingerprint density at radius 1 is 1.33 bits per heavy atom. The van der Waals surface area contributed by atoms with Gasteiger partial charge >= 0.3 is 0 Å². The minimum absolute atomic E-state index is 0.0263. The molecule has 4 atom stereocenters. The summed E-state index contributed by atoms with van der Waals surface area (Å²) in [4.78, 5) is 10.5. The second-order valence-electron chi connectivity index (χ2n) is 5.85. The van der Waals surface area contributed by atoms with E-state index in [9.17, 15) is 15.2 Å². The zero-order chi connectivity index (χ0) is 11.8. The van der Waals surface area contributed by atoms with Gasteiger partial charge in [-0.1, -0.05) is 27.7 Å². The number of hydrogen-bond donors (Lipinski definition) is 1. The van der Waals surface area contributed by atoms with Gasteiger partial charge in [0.15, 0.2) is 0 Å². The van der Waals surface area contributed by atoms with E-state index < -0.39 is 12.1 Å². The summed E-state index contributed by atoms with van der Waals surface area (Å²) in [6.45, 7) is 8.23. The molecular weight excluding hydrogens is 194 g/mol. The maximum Gasteiger partial charge on any atom is 0.239 e. The van der Waals surface area contributed by atoms with Gasteiger partial charge in [0.05, 0.1) is 0 Å². The van der Waals surface area contributed by atoms with E-state index in [1.54, 1.807) is 0 Å². The van der Waals surface area contributed by atoms with Crippen LogP contribution in [0.5, 0.6) is 0 Å². The molecule has 1 fully saturated rings. The summed E-state index contributed by atoms with van der Waals surface area (Å²) in [5.74, 6) is 0.352. The van der Waals surface area contributed by atoms with Crippen molar-refractivity contribution in [2.45, 2.75) is 52.7 Å². The third-order valence-electron chi connectivity index (χ3n) is 3.66. The van der Waals surface area contributed by atoms with E-state index >= 15 is 0 Å². The predicted molar refractivity (Wildman–Crippen MR) is 58.1 cm³/mol.